The number of piperidine rings is 1. The van der Waals surface area contributed by atoms with Crippen molar-refractivity contribution in [1.82, 2.24) is 4.90 Å². The lowest BCUT2D eigenvalue weighted by molar-refractivity contribution is 0.0962. The number of anilines is 1. The quantitative estimate of drug-likeness (QED) is 0.579. The fraction of sp³-hybridized carbons (Fsp3) is 0.500. The Morgan fingerprint density at radius 1 is 0.862 bits per heavy atom. The lowest BCUT2D eigenvalue weighted by Crippen LogP contribution is -2.35. The summed E-state index contributed by atoms with van der Waals surface area (Å²) in [6.45, 7) is 5.81. The van der Waals surface area contributed by atoms with E-state index >= 15 is 0 Å². The van der Waals surface area contributed by atoms with E-state index in [1.807, 2.05) is 12.1 Å². The fourth-order valence-electron chi connectivity index (χ4n) is 4.74. The van der Waals surface area contributed by atoms with Gasteiger partial charge in [0.15, 0.2) is 5.78 Å². The molecule has 0 amide bonds. The first-order chi connectivity index (χ1) is 14.3. The van der Waals surface area contributed by atoms with Gasteiger partial charge in [0.25, 0.3) is 0 Å². The topological polar surface area (TPSA) is 23.6 Å². The molecule has 2 aliphatic rings. The molecular weight excluding hydrogens is 356 g/mol. The van der Waals surface area contributed by atoms with Crippen molar-refractivity contribution in [3.8, 4) is 0 Å². The maximum Gasteiger partial charge on any atom is 0.162 e. The number of carbonyl (C=O) groups is 1. The van der Waals surface area contributed by atoms with Crippen molar-refractivity contribution in [2.75, 3.05) is 37.6 Å². The van der Waals surface area contributed by atoms with Crippen LogP contribution < -0.4 is 4.90 Å². The van der Waals surface area contributed by atoms with Crippen molar-refractivity contribution >= 4 is 11.5 Å². The summed E-state index contributed by atoms with van der Waals surface area (Å²) in [4.78, 5) is 17.6. The lowest BCUT2D eigenvalue weighted by atomic mass is 9.90. The number of rotatable bonds is 8. The molecule has 2 aliphatic heterocycles. The SMILES string of the molecule is O=C(CCC1CCN(CCc2ccccc2)CC1)c1ccc(N2CCCC2)cc1. The Kier molecular flexibility index (Phi) is 7.00. The second kappa shape index (κ2) is 10.1. The van der Waals surface area contributed by atoms with E-state index in [1.54, 1.807) is 0 Å². The molecule has 3 heteroatoms. The molecule has 29 heavy (non-hydrogen) atoms. The number of likely N-dealkylation sites (tertiary alicyclic amines) is 1. The van der Waals surface area contributed by atoms with Crippen molar-refractivity contribution in [1.29, 1.82) is 0 Å². The van der Waals surface area contributed by atoms with E-state index in [-0.39, 0.29) is 0 Å². The third-order valence-electron chi connectivity index (χ3n) is 6.71. The van der Waals surface area contributed by atoms with E-state index in [1.165, 1.54) is 50.0 Å². The molecule has 2 saturated heterocycles. The monoisotopic (exact) mass is 390 g/mol. The molecule has 154 valence electrons. The number of hydrogen-bond acceptors (Lipinski definition) is 3. The molecule has 4 rings (SSSR count). The molecule has 2 fully saturated rings. The van der Waals surface area contributed by atoms with Gasteiger partial charge in [-0.25, -0.2) is 0 Å². The van der Waals surface area contributed by atoms with Crippen LogP contribution in [0, 0.1) is 5.92 Å². The van der Waals surface area contributed by atoms with Gasteiger partial charge >= 0.3 is 0 Å². The van der Waals surface area contributed by atoms with Crippen LogP contribution >= 0.6 is 0 Å². The summed E-state index contributed by atoms with van der Waals surface area (Å²) in [6.07, 6.45) is 7.90. The van der Waals surface area contributed by atoms with E-state index in [9.17, 15) is 4.79 Å². The number of carbonyl (C=O) groups excluding carboxylic acids is 1. The second-order valence-corrected chi connectivity index (χ2v) is 8.72. The van der Waals surface area contributed by atoms with Crippen molar-refractivity contribution in [3.05, 3.63) is 65.7 Å². The Labute approximate surface area is 175 Å². The van der Waals surface area contributed by atoms with Gasteiger partial charge in [0.2, 0.25) is 0 Å². The van der Waals surface area contributed by atoms with Gasteiger partial charge < -0.3 is 9.80 Å². The van der Waals surface area contributed by atoms with Crippen LogP contribution in [-0.2, 0) is 6.42 Å². The van der Waals surface area contributed by atoms with E-state index in [2.05, 4.69) is 52.3 Å². The highest BCUT2D eigenvalue weighted by atomic mass is 16.1. The first-order valence-corrected chi connectivity index (χ1v) is 11.4. The third kappa shape index (κ3) is 5.70. The van der Waals surface area contributed by atoms with Crippen molar-refractivity contribution < 1.29 is 4.79 Å². The predicted molar refractivity (Wildman–Crippen MR) is 121 cm³/mol. The zero-order chi connectivity index (χ0) is 19.9. The molecule has 0 radical (unpaired) electrons. The number of benzene rings is 2. The first-order valence-electron chi connectivity index (χ1n) is 11.4. The molecular formula is C26H34N2O. The molecule has 3 nitrogen and oxygen atoms in total. The highest BCUT2D eigenvalue weighted by Gasteiger charge is 2.20. The minimum Gasteiger partial charge on any atom is -0.372 e. The van der Waals surface area contributed by atoms with Crippen LogP contribution in [0.2, 0.25) is 0 Å². The normalized spacial score (nSPS) is 18.3. The predicted octanol–water partition coefficient (Wildman–Crippen LogP) is 5.20. The van der Waals surface area contributed by atoms with Crippen LogP contribution in [0.1, 0.15) is 54.4 Å². The summed E-state index contributed by atoms with van der Waals surface area (Å²) in [5.74, 6) is 1.01. The lowest BCUT2D eigenvalue weighted by Gasteiger charge is -2.32. The molecule has 2 aromatic rings. The molecule has 0 aromatic heterocycles. The minimum atomic E-state index is 0.310. The Hall–Kier alpha value is -2.13. The summed E-state index contributed by atoms with van der Waals surface area (Å²) in [5.41, 5.74) is 3.58. The Balaban J connectivity index is 1.16. The molecule has 0 atom stereocenters. The van der Waals surface area contributed by atoms with Crippen LogP contribution in [0.25, 0.3) is 0 Å². The first kappa shape index (κ1) is 20.2. The number of Topliss-reactive ketones (excluding diaryl/α,β-unsaturated/α-hetero) is 1. The number of ketones is 1. The van der Waals surface area contributed by atoms with E-state index in [4.69, 9.17) is 0 Å². The Morgan fingerprint density at radius 3 is 2.24 bits per heavy atom. The molecule has 0 saturated carbocycles. The van der Waals surface area contributed by atoms with Crippen LogP contribution in [0.4, 0.5) is 5.69 Å². The molecule has 0 aliphatic carbocycles. The van der Waals surface area contributed by atoms with E-state index in [0.717, 1.165) is 38.0 Å². The van der Waals surface area contributed by atoms with Crippen LogP contribution in [0.3, 0.4) is 0 Å². The van der Waals surface area contributed by atoms with Crippen molar-refractivity contribution in [3.63, 3.8) is 0 Å². The molecule has 0 N–H and O–H groups in total. The van der Waals surface area contributed by atoms with Crippen molar-refractivity contribution in [2.24, 2.45) is 5.92 Å². The van der Waals surface area contributed by atoms with Gasteiger partial charge in [-0.3, -0.25) is 4.79 Å². The average molecular weight is 391 g/mol. The van der Waals surface area contributed by atoms with Gasteiger partial charge in [0, 0.05) is 37.3 Å². The maximum atomic E-state index is 12.6. The number of nitrogens with zero attached hydrogens (tertiary/aromatic N) is 2. The smallest absolute Gasteiger partial charge is 0.162 e. The highest BCUT2D eigenvalue weighted by Crippen LogP contribution is 2.24. The largest absolute Gasteiger partial charge is 0.372 e. The van der Waals surface area contributed by atoms with Crippen LogP contribution in [0.15, 0.2) is 54.6 Å². The Morgan fingerprint density at radius 2 is 1.55 bits per heavy atom. The van der Waals surface area contributed by atoms with Gasteiger partial charge in [-0.15, -0.1) is 0 Å². The molecule has 0 bridgehead atoms. The average Bonchev–Trinajstić information content (AvgIpc) is 3.33. The summed E-state index contributed by atoms with van der Waals surface area (Å²) in [5, 5.41) is 0. The molecule has 2 aromatic carbocycles. The van der Waals surface area contributed by atoms with Gasteiger partial charge in [-0.05, 0) is 87.4 Å². The van der Waals surface area contributed by atoms with Crippen LogP contribution in [0.5, 0.6) is 0 Å². The second-order valence-electron chi connectivity index (χ2n) is 8.72. The zero-order valence-corrected chi connectivity index (χ0v) is 17.6. The summed E-state index contributed by atoms with van der Waals surface area (Å²) in [6, 6.07) is 19.1. The summed E-state index contributed by atoms with van der Waals surface area (Å²) >= 11 is 0. The van der Waals surface area contributed by atoms with Gasteiger partial charge in [0.05, 0.1) is 0 Å². The van der Waals surface area contributed by atoms with Crippen molar-refractivity contribution in [2.45, 2.75) is 44.9 Å². The standard InChI is InChI=1S/C26H34N2O/c29-26(24-9-11-25(12-10-24)28-17-4-5-18-28)13-8-23-15-20-27(21-16-23)19-14-22-6-2-1-3-7-22/h1-3,6-7,9-12,23H,4-5,8,13-21H2. The van der Waals surface area contributed by atoms with Gasteiger partial charge in [-0.1, -0.05) is 30.3 Å². The third-order valence-corrected chi connectivity index (χ3v) is 6.71. The molecule has 0 spiro atoms. The minimum absolute atomic E-state index is 0.310. The van der Waals surface area contributed by atoms with E-state index < -0.39 is 0 Å². The zero-order valence-electron chi connectivity index (χ0n) is 17.6. The maximum absolute atomic E-state index is 12.6. The molecule has 2 heterocycles. The van der Waals surface area contributed by atoms with Crippen LogP contribution in [-0.4, -0.2) is 43.4 Å². The van der Waals surface area contributed by atoms with E-state index in [0.29, 0.717) is 18.1 Å². The summed E-state index contributed by atoms with van der Waals surface area (Å²) < 4.78 is 0. The van der Waals surface area contributed by atoms with Gasteiger partial charge in [-0.2, -0.15) is 0 Å². The number of hydrogen-bond donors (Lipinski definition) is 0. The highest BCUT2D eigenvalue weighted by molar-refractivity contribution is 5.96. The molecule has 0 unspecified atom stereocenters. The summed E-state index contributed by atoms with van der Waals surface area (Å²) in [7, 11) is 0. The Bertz CT molecular complexity index is 757. The fourth-order valence-corrected chi connectivity index (χ4v) is 4.74. The van der Waals surface area contributed by atoms with Gasteiger partial charge in [0.1, 0.15) is 0 Å².